The van der Waals surface area contributed by atoms with E-state index in [1.807, 2.05) is 0 Å². The molecule has 1 aromatic heterocycles. The van der Waals surface area contributed by atoms with Crippen LogP contribution >= 0.6 is 0 Å². The standard InChI is InChI=1S/C17H24N2O/c1-11(2)9-13-5-7-14(8-6-13)15-10-19-17(20-15)16(18)12(3)4/h5-8,10-12,16H,9,18H2,1-4H3. The Morgan fingerprint density at radius 3 is 2.30 bits per heavy atom. The Kier molecular flexibility index (Phi) is 4.61. The van der Waals surface area contributed by atoms with Crippen LogP contribution < -0.4 is 5.73 Å². The molecular formula is C17H24N2O. The van der Waals surface area contributed by atoms with Gasteiger partial charge in [-0.05, 0) is 23.8 Å². The van der Waals surface area contributed by atoms with Crippen molar-refractivity contribution in [3.8, 4) is 11.3 Å². The maximum absolute atomic E-state index is 6.05. The first-order chi connectivity index (χ1) is 9.47. The molecule has 0 radical (unpaired) electrons. The predicted octanol–water partition coefficient (Wildman–Crippen LogP) is 4.20. The van der Waals surface area contributed by atoms with Crippen LogP contribution in [0.25, 0.3) is 11.3 Å². The van der Waals surface area contributed by atoms with Crippen molar-refractivity contribution in [2.75, 3.05) is 0 Å². The van der Waals surface area contributed by atoms with Crippen LogP contribution in [0.4, 0.5) is 0 Å². The van der Waals surface area contributed by atoms with Gasteiger partial charge in [0.15, 0.2) is 5.76 Å². The molecular weight excluding hydrogens is 248 g/mol. The summed E-state index contributed by atoms with van der Waals surface area (Å²) in [6.07, 6.45) is 2.86. The zero-order valence-corrected chi connectivity index (χ0v) is 12.8. The molecule has 1 heterocycles. The highest BCUT2D eigenvalue weighted by Gasteiger charge is 2.17. The number of rotatable bonds is 5. The molecule has 0 saturated heterocycles. The molecule has 0 bridgehead atoms. The Labute approximate surface area is 121 Å². The lowest BCUT2D eigenvalue weighted by Crippen LogP contribution is -2.16. The average molecular weight is 272 g/mol. The summed E-state index contributed by atoms with van der Waals surface area (Å²) in [5.74, 6) is 2.38. The first-order valence-electron chi connectivity index (χ1n) is 7.28. The Hall–Kier alpha value is -1.61. The molecule has 0 fully saturated rings. The number of hydrogen-bond acceptors (Lipinski definition) is 3. The molecule has 0 spiro atoms. The average Bonchev–Trinajstić information content (AvgIpc) is 2.87. The van der Waals surface area contributed by atoms with Crippen LogP contribution in [0.3, 0.4) is 0 Å². The van der Waals surface area contributed by atoms with Crippen molar-refractivity contribution >= 4 is 0 Å². The molecule has 0 aliphatic carbocycles. The highest BCUT2D eigenvalue weighted by molar-refractivity contribution is 5.56. The molecule has 3 nitrogen and oxygen atoms in total. The van der Waals surface area contributed by atoms with Crippen LogP contribution in [-0.4, -0.2) is 4.98 Å². The van der Waals surface area contributed by atoms with Gasteiger partial charge in [0.05, 0.1) is 12.2 Å². The maximum Gasteiger partial charge on any atom is 0.212 e. The Balaban J connectivity index is 2.16. The molecule has 2 rings (SSSR count). The van der Waals surface area contributed by atoms with E-state index >= 15 is 0 Å². The fourth-order valence-corrected chi connectivity index (χ4v) is 2.14. The second kappa shape index (κ2) is 6.23. The zero-order valence-electron chi connectivity index (χ0n) is 12.8. The molecule has 1 unspecified atom stereocenters. The SMILES string of the molecule is CC(C)Cc1ccc(-c2cnc(C(N)C(C)C)o2)cc1. The monoisotopic (exact) mass is 272 g/mol. The van der Waals surface area contributed by atoms with Crippen molar-refractivity contribution in [3.63, 3.8) is 0 Å². The van der Waals surface area contributed by atoms with E-state index in [0.717, 1.165) is 17.7 Å². The van der Waals surface area contributed by atoms with Crippen molar-refractivity contribution in [2.24, 2.45) is 17.6 Å². The van der Waals surface area contributed by atoms with Gasteiger partial charge in [0.25, 0.3) is 0 Å². The smallest absolute Gasteiger partial charge is 0.212 e. The molecule has 2 N–H and O–H groups in total. The fourth-order valence-electron chi connectivity index (χ4n) is 2.14. The van der Waals surface area contributed by atoms with E-state index in [2.05, 4.69) is 56.9 Å². The number of nitrogens with two attached hydrogens (primary N) is 1. The Morgan fingerprint density at radius 2 is 1.75 bits per heavy atom. The van der Waals surface area contributed by atoms with Gasteiger partial charge in [0.1, 0.15) is 0 Å². The van der Waals surface area contributed by atoms with Gasteiger partial charge >= 0.3 is 0 Å². The predicted molar refractivity (Wildman–Crippen MR) is 82.2 cm³/mol. The van der Waals surface area contributed by atoms with Gasteiger partial charge in [-0.1, -0.05) is 52.0 Å². The van der Waals surface area contributed by atoms with Gasteiger partial charge in [-0.15, -0.1) is 0 Å². The molecule has 0 aliphatic heterocycles. The van der Waals surface area contributed by atoms with Gasteiger partial charge in [-0.3, -0.25) is 0 Å². The molecule has 0 saturated carbocycles. The second-order valence-corrected chi connectivity index (χ2v) is 6.13. The third-order valence-corrected chi connectivity index (χ3v) is 3.41. The lowest BCUT2D eigenvalue weighted by atomic mass is 10.0. The van der Waals surface area contributed by atoms with Gasteiger partial charge in [-0.2, -0.15) is 0 Å². The van der Waals surface area contributed by atoms with Gasteiger partial charge in [-0.25, -0.2) is 4.98 Å². The third kappa shape index (κ3) is 3.48. The number of aromatic nitrogens is 1. The van der Waals surface area contributed by atoms with E-state index < -0.39 is 0 Å². The van der Waals surface area contributed by atoms with E-state index in [-0.39, 0.29) is 6.04 Å². The van der Waals surface area contributed by atoms with Crippen molar-refractivity contribution < 1.29 is 4.42 Å². The van der Waals surface area contributed by atoms with Gasteiger partial charge < -0.3 is 10.2 Å². The zero-order chi connectivity index (χ0) is 14.7. The summed E-state index contributed by atoms with van der Waals surface area (Å²) in [6, 6.07) is 8.33. The van der Waals surface area contributed by atoms with E-state index in [4.69, 9.17) is 10.2 Å². The summed E-state index contributed by atoms with van der Waals surface area (Å²) < 4.78 is 5.78. The minimum Gasteiger partial charge on any atom is -0.439 e. The molecule has 0 amide bonds. The molecule has 3 heteroatoms. The quantitative estimate of drug-likeness (QED) is 0.887. The van der Waals surface area contributed by atoms with E-state index in [0.29, 0.717) is 17.7 Å². The van der Waals surface area contributed by atoms with Crippen LogP contribution in [0.15, 0.2) is 34.9 Å². The largest absolute Gasteiger partial charge is 0.439 e. The number of hydrogen-bond donors (Lipinski definition) is 1. The van der Waals surface area contributed by atoms with Crippen molar-refractivity contribution in [3.05, 3.63) is 41.9 Å². The van der Waals surface area contributed by atoms with Crippen molar-refractivity contribution in [2.45, 2.75) is 40.2 Å². The number of benzene rings is 1. The van der Waals surface area contributed by atoms with Crippen molar-refractivity contribution in [1.82, 2.24) is 4.98 Å². The molecule has 108 valence electrons. The minimum atomic E-state index is -0.149. The first-order valence-corrected chi connectivity index (χ1v) is 7.28. The summed E-state index contributed by atoms with van der Waals surface area (Å²) in [5, 5.41) is 0. The Bertz CT molecular complexity index is 540. The van der Waals surface area contributed by atoms with Crippen LogP contribution in [0, 0.1) is 11.8 Å². The molecule has 1 atom stereocenters. The fraction of sp³-hybridized carbons (Fsp3) is 0.471. The van der Waals surface area contributed by atoms with E-state index in [1.165, 1.54) is 5.56 Å². The van der Waals surface area contributed by atoms with Gasteiger partial charge in [0.2, 0.25) is 5.89 Å². The van der Waals surface area contributed by atoms with E-state index in [9.17, 15) is 0 Å². The lowest BCUT2D eigenvalue weighted by molar-refractivity contribution is 0.394. The van der Waals surface area contributed by atoms with Crippen LogP contribution in [0.2, 0.25) is 0 Å². The summed E-state index contributed by atoms with van der Waals surface area (Å²) in [4.78, 5) is 4.29. The normalized spacial score (nSPS) is 13.2. The molecule has 1 aromatic carbocycles. The van der Waals surface area contributed by atoms with Crippen LogP contribution in [0.5, 0.6) is 0 Å². The number of oxazole rings is 1. The second-order valence-electron chi connectivity index (χ2n) is 6.13. The first kappa shape index (κ1) is 14.8. The van der Waals surface area contributed by atoms with Crippen LogP contribution in [0.1, 0.15) is 45.2 Å². The van der Waals surface area contributed by atoms with Gasteiger partial charge in [0, 0.05) is 5.56 Å². The lowest BCUT2D eigenvalue weighted by Gasteiger charge is -2.10. The molecule has 2 aromatic rings. The maximum atomic E-state index is 6.05. The summed E-state index contributed by atoms with van der Waals surface area (Å²) in [6.45, 7) is 8.58. The van der Waals surface area contributed by atoms with E-state index in [1.54, 1.807) is 6.20 Å². The Morgan fingerprint density at radius 1 is 1.10 bits per heavy atom. The third-order valence-electron chi connectivity index (χ3n) is 3.41. The molecule has 20 heavy (non-hydrogen) atoms. The number of nitrogens with zero attached hydrogens (tertiary/aromatic N) is 1. The molecule has 0 aliphatic rings. The topological polar surface area (TPSA) is 52.0 Å². The summed E-state index contributed by atoms with van der Waals surface area (Å²) in [5.41, 5.74) is 8.45. The summed E-state index contributed by atoms with van der Waals surface area (Å²) in [7, 11) is 0. The highest BCUT2D eigenvalue weighted by atomic mass is 16.4. The summed E-state index contributed by atoms with van der Waals surface area (Å²) >= 11 is 0. The highest BCUT2D eigenvalue weighted by Crippen LogP contribution is 2.25. The minimum absolute atomic E-state index is 0.149. The van der Waals surface area contributed by atoms with Crippen LogP contribution in [-0.2, 0) is 6.42 Å². The van der Waals surface area contributed by atoms with Crippen molar-refractivity contribution in [1.29, 1.82) is 0 Å².